The summed E-state index contributed by atoms with van der Waals surface area (Å²) in [6.45, 7) is 0.717. The molecular weight excluding hydrogens is 248 g/mol. The molecule has 2 aromatic carbocycles. The van der Waals surface area contributed by atoms with Crippen molar-refractivity contribution in [3.63, 3.8) is 0 Å². The Morgan fingerprint density at radius 3 is 2.60 bits per heavy atom. The molecule has 2 heterocycles. The third kappa shape index (κ3) is 1.93. The van der Waals surface area contributed by atoms with Crippen LogP contribution in [0.3, 0.4) is 0 Å². The van der Waals surface area contributed by atoms with Crippen molar-refractivity contribution in [3.05, 3.63) is 83.2 Å². The van der Waals surface area contributed by atoms with Gasteiger partial charge in [-0.05, 0) is 41.7 Å². The Bertz CT molecular complexity index is 673. The van der Waals surface area contributed by atoms with Gasteiger partial charge in [-0.15, -0.1) is 0 Å². The summed E-state index contributed by atoms with van der Waals surface area (Å²) in [7, 11) is 0. The molecule has 0 spiro atoms. The van der Waals surface area contributed by atoms with Crippen molar-refractivity contribution in [2.75, 3.05) is 6.61 Å². The highest BCUT2D eigenvalue weighted by atomic mass is 16.5. The van der Waals surface area contributed by atoms with Crippen LogP contribution in [0.25, 0.3) is 0 Å². The maximum atomic E-state index is 6.03. The first-order valence-corrected chi connectivity index (χ1v) is 6.96. The Kier molecular flexibility index (Phi) is 2.82. The van der Waals surface area contributed by atoms with Gasteiger partial charge in [-0.2, -0.15) is 0 Å². The van der Waals surface area contributed by atoms with Gasteiger partial charge in [-0.25, -0.2) is 0 Å². The molecule has 0 saturated carbocycles. The molecule has 4 rings (SSSR count). The predicted octanol–water partition coefficient (Wildman–Crippen LogP) is 3.66. The summed E-state index contributed by atoms with van der Waals surface area (Å²) < 4.78 is 11.9. The average Bonchev–Trinajstić information content (AvgIpc) is 2.54. The Morgan fingerprint density at radius 1 is 0.850 bits per heavy atom. The first kappa shape index (κ1) is 11.7. The SMILES string of the molecule is C1=C([C]2OCCc3ccccc32)Oc2ccccc2C1. The third-order valence-corrected chi connectivity index (χ3v) is 3.80. The Labute approximate surface area is 118 Å². The van der Waals surface area contributed by atoms with Crippen LogP contribution in [0.1, 0.15) is 16.7 Å². The lowest BCUT2D eigenvalue weighted by Gasteiger charge is -2.28. The number of fused-ring (bicyclic) bond motifs is 2. The molecule has 0 bridgehead atoms. The van der Waals surface area contributed by atoms with E-state index >= 15 is 0 Å². The molecule has 99 valence electrons. The molecule has 2 aromatic rings. The molecule has 0 aromatic heterocycles. The Balaban J connectivity index is 1.69. The van der Waals surface area contributed by atoms with E-state index in [9.17, 15) is 0 Å². The number of allylic oxidation sites excluding steroid dienone is 1. The van der Waals surface area contributed by atoms with Crippen LogP contribution in [0.2, 0.25) is 0 Å². The van der Waals surface area contributed by atoms with E-state index in [0.29, 0.717) is 6.61 Å². The number of hydrogen-bond donors (Lipinski definition) is 0. The van der Waals surface area contributed by atoms with Crippen molar-refractivity contribution < 1.29 is 9.47 Å². The highest BCUT2D eigenvalue weighted by Crippen LogP contribution is 2.36. The van der Waals surface area contributed by atoms with E-state index in [1.807, 2.05) is 24.3 Å². The van der Waals surface area contributed by atoms with Gasteiger partial charge >= 0.3 is 0 Å². The quantitative estimate of drug-likeness (QED) is 0.781. The molecule has 2 aliphatic heterocycles. The van der Waals surface area contributed by atoms with E-state index in [1.165, 1.54) is 11.1 Å². The molecule has 0 atom stereocenters. The Hall–Kier alpha value is -2.06. The first-order chi connectivity index (χ1) is 9.92. The van der Waals surface area contributed by atoms with Crippen molar-refractivity contribution >= 4 is 0 Å². The number of para-hydroxylation sites is 1. The van der Waals surface area contributed by atoms with E-state index < -0.39 is 0 Å². The highest BCUT2D eigenvalue weighted by molar-refractivity contribution is 5.48. The van der Waals surface area contributed by atoms with Crippen molar-refractivity contribution in [2.24, 2.45) is 0 Å². The second-order valence-corrected chi connectivity index (χ2v) is 5.07. The van der Waals surface area contributed by atoms with E-state index in [1.54, 1.807) is 0 Å². The molecule has 2 heteroatoms. The molecule has 0 fully saturated rings. The first-order valence-electron chi connectivity index (χ1n) is 6.96. The van der Waals surface area contributed by atoms with Gasteiger partial charge < -0.3 is 9.47 Å². The number of rotatable bonds is 1. The number of benzene rings is 2. The van der Waals surface area contributed by atoms with Gasteiger partial charge in [0.1, 0.15) is 11.5 Å². The average molecular weight is 263 g/mol. The fraction of sp³-hybridized carbons (Fsp3) is 0.167. The summed E-state index contributed by atoms with van der Waals surface area (Å²) >= 11 is 0. The van der Waals surface area contributed by atoms with Crippen LogP contribution in [0.4, 0.5) is 0 Å². The maximum Gasteiger partial charge on any atom is 0.191 e. The second kappa shape index (κ2) is 4.80. The van der Waals surface area contributed by atoms with Gasteiger partial charge in [0.05, 0.1) is 6.61 Å². The van der Waals surface area contributed by atoms with Crippen LogP contribution in [0.5, 0.6) is 5.75 Å². The monoisotopic (exact) mass is 263 g/mol. The topological polar surface area (TPSA) is 18.5 Å². The lowest BCUT2D eigenvalue weighted by atomic mass is 9.95. The molecule has 0 N–H and O–H groups in total. The van der Waals surface area contributed by atoms with E-state index in [-0.39, 0.29) is 0 Å². The van der Waals surface area contributed by atoms with Gasteiger partial charge in [0.15, 0.2) is 6.10 Å². The lowest BCUT2D eigenvalue weighted by Crippen LogP contribution is -2.22. The van der Waals surface area contributed by atoms with Crippen LogP contribution in [-0.4, -0.2) is 6.61 Å². The molecule has 20 heavy (non-hydrogen) atoms. The van der Waals surface area contributed by atoms with E-state index in [0.717, 1.165) is 36.0 Å². The second-order valence-electron chi connectivity index (χ2n) is 5.07. The number of ether oxygens (including phenoxy) is 2. The third-order valence-electron chi connectivity index (χ3n) is 3.80. The van der Waals surface area contributed by atoms with Crippen LogP contribution >= 0.6 is 0 Å². The van der Waals surface area contributed by atoms with Crippen LogP contribution in [-0.2, 0) is 17.6 Å². The summed E-state index contributed by atoms with van der Waals surface area (Å²) in [6.07, 6.45) is 4.84. The lowest BCUT2D eigenvalue weighted by molar-refractivity contribution is 0.140. The smallest absolute Gasteiger partial charge is 0.191 e. The highest BCUT2D eigenvalue weighted by Gasteiger charge is 2.29. The van der Waals surface area contributed by atoms with Gasteiger partial charge in [-0.1, -0.05) is 42.5 Å². The fourth-order valence-corrected chi connectivity index (χ4v) is 2.78. The summed E-state index contributed by atoms with van der Waals surface area (Å²) in [4.78, 5) is 0. The maximum absolute atomic E-state index is 6.03. The molecule has 2 aliphatic rings. The van der Waals surface area contributed by atoms with Gasteiger partial charge in [0.25, 0.3) is 0 Å². The minimum absolute atomic E-state index is 0.717. The molecular formula is C18H15O2. The molecule has 1 radical (unpaired) electrons. The minimum atomic E-state index is 0.717. The van der Waals surface area contributed by atoms with Gasteiger partial charge in [-0.3, -0.25) is 0 Å². The van der Waals surface area contributed by atoms with Crippen molar-refractivity contribution in [2.45, 2.75) is 12.8 Å². The molecule has 0 unspecified atom stereocenters. The molecule has 0 saturated heterocycles. The Morgan fingerprint density at radius 2 is 1.65 bits per heavy atom. The molecule has 0 amide bonds. The van der Waals surface area contributed by atoms with E-state index in [2.05, 4.69) is 30.3 Å². The van der Waals surface area contributed by atoms with Crippen molar-refractivity contribution in [3.8, 4) is 5.75 Å². The van der Waals surface area contributed by atoms with Crippen molar-refractivity contribution in [1.29, 1.82) is 0 Å². The standard InChI is InChI=1S/C18H15O2/c1-3-7-15-13(5-1)11-12-19-18(15)17-10-9-14-6-2-4-8-16(14)20-17/h1-8,10H,9,11-12H2. The van der Waals surface area contributed by atoms with Gasteiger partial charge in [0.2, 0.25) is 0 Å². The summed E-state index contributed by atoms with van der Waals surface area (Å²) in [5, 5.41) is 0. The van der Waals surface area contributed by atoms with Crippen LogP contribution < -0.4 is 4.74 Å². The summed E-state index contributed by atoms with van der Waals surface area (Å²) in [6, 6.07) is 16.5. The zero-order valence-electron chi connectivity index (χ0n) is 11.1. The normalized spacial score (nSPS) is 17.7. The van der Waals surface area contributed by atoms with Crippen LogP contribution in [0.15, 0.2) is 60.4 Å². The van der Waals surface area contributed by atoms with Crippen molar-refractivity contribution in [1.82, 2.24) is 0 Å². The fourth-order valence-electron chi connectivity index (χ4n) is 2.78. The largest absolute Gasteiger partial charge is 0.458 e. The van der Waals surface area contributed by atoms with Gasteiger partial charge in [0, 0.05) is 0 Å². The minimum Gasteiger partial charge on any atom is -0.458 e. The zero-order valence-corrected chi connectivity index (χ0v) is 11.1. The molecule has 0 aliphatic carbocycles. The molecule has 2 nitrogen and oxygen atoms in total. The van der Waals surface area contributed by atoms with Crippen LogP contribution in [0, 0.1) is 6.10 Å². The number of hydrogen-bond acceptors (Lipinski definition) is 2. The predicted molar refractivity (Wildman–Crippen MR) is 77.3 cm³/mol. The van der Waals surface area contributed by atoms with E-state index in [4.69, 9.17) is 9.47 Å². The summed E-state index contributed by atoms with van der Waals surface area (Å²) in [5.41, 5.74) is 3.71. The zero-order chi connectivity index (χ0) is 13.4. The summed E-state index contributed by atoms with van der Waals surface area (Å²) in [5.74, 6) is 1.78.